The number of hydrogen-bond donors (Lipinski definition) is 2. The highest BCUT2D eigenvalue weighted by Gasteiger charge is 2.34. The number of nitrogens with zero attached hydrogens (tertiary/aromatic N) is 4. The molecule has 7 heteroatoms. The fourth-order valence-corrected chi connectivity index (χ4v) is 3.09. The average Bonchev–Trinajstić information content (AvgIpc) is 3.21. The summed E-state index contributed by atoms with van der Waals surface area (Å²) in [4.78, 5) is 16.4. The number of anilines is 1. The van der Waals surface area contributed by atoms with Gasteiger partial charge in [0.2, 0.25) is 5.91 Å². The van der Waals surface area contributed by atoms with Crippen LogP contribution in [0.1, 0.15) is 30.7 Å². The molecule has 0 fully saturated rings. The minimum absolute atomic E-state index is 0.0562. The number of benzene rings is 1. The van der Waals surface area contributed by atoms with Gasteiger partial charge in [-0.05, 0) is 12.5 Å². The molecule has 4 rings (SSSR count). The summed E-state index contributed by atoms with van der Waals surface area (Å²) < 4.78 is 1.83. The van der Waals surface area contributed by atoms with Crippen LogP contribution in [0, 0.1) is 0 Å². The van der Waals surface area contributed by atoms with Crippen molar-refractivity contribution in [2.45, 2.75) is 25.8 Å². The molecule has 0 saturated carbocycles. The topological polar surface area (TPSA) is 88.5 Å². The molecular weight excluding hydrogens is 292 g/mol. The molecule has 2 N–H and O–H groups in total. The number of carbonyl (C=O) groups excluding carboxylic acids is 1. The quantitative estimate of drug-likeness (QED) is 0.776. The molecule has 1 amide bonds. The van der Waals surface area contributed by atoms with E-state index in [1.807, 2.05) is 41.9 Å². The highest BCUT2D eigenvalue weighted by molar-refractivity contribution is 5.95. The number of rotatable bonds is 3. The van der Waals surface area contributed by atoms with E-state index in [1.165, 1.54) is 6.33 Å². The van der Waals surface area contributed by atoms with E-state index in [0.29, 0.717) is 18.8 Å². The van der Waals surface area contributed by atoms with E-state index < -0.39 is 0 Å². The standard InChI is InChI=1S/C16H16N6O/c1-2-22-16(17-9-18-22)11-8-12(23)19-15-13(11)14(20-21-15)10-6-4-3-5-7-10/h3-7,9,11H,2,8H2,1H3,(H2,19,20,21,23). The normalized spacial score (nSPS) is 16.9. The second kappa shape index (κ2) is 5.35. The Hall–Kier alpha value is -2.96. The van der Waals surface area contributed by atoms with E-state index in [9.17, 15) is 4.79 Å². The van der Waals surface area contributed by atoms with E-state index in [1.54, 1.807) is 0 Å². The minimum Gasteiger partial charge on any atom is -0.309 e. The van der Waals surface area contributed by atoms with Gasteiger partial charge in [-0.25, -0.2) is 9.67 Å². The molecule has 7 nitrogen and oxygen atoms in total. The summed E-state index contributed by atoms with van der Waals surface area (Å²) in [7, 11) is 0. The summed E-state index contributed by atoms with van der Waals surface area (Å²) in [5, 5.41) is 14.4. The number of amides is 1. The van der Waals surface area contributed by atoms with E-state index in [-0.39, 0.29) is 11.8 Å². The predicted octanol–water partition coefficient (Wildman–Crippen LogP) is 2.16. The summed E-state index contributed by atoms with van der Waals surface area (Å²) in [6.45, 7) is 2.72. The Morgan fingerprint density at radius 2 is 2.13 bits per heavy atom. The zero-order valence-corrected chi connectivity index (χ0v) is 12.7. The molecule has 1 aliphatic rings. The van der Waals surface area contributed by atoms with Crippen molar-refractivity contribution in [3.8, 4) is 11.3 Å². The van der Waals surface area contributed by atoms with Gasteiger partial charge < -0.3 is 5.32 Å². The second-order valence-corrected chi connectivity index (χ2v) is 5.47. The summed E-state index contributed by atoms with van der Waals surface area (Å²) in [6.07, 6.45) is 1.87. The van der Waals surface area contributed by atoms with E-state index in [0.717, 1.165) is 22.6 Å². The van der Waals surface area contributed by atoms with Crippen LogP contribution in [0.15, 0.2) is 36.7 Å². The van der Waals surface area contributed by atoms with E-state index in [2.05, 4.69) is 25.6 Å². The summed E-state index contributed by atoms with van der Waals surface area (Å²) >= 11 is 0. The molecule has 1 unspecified atom stereocenters. The Labute approximate surface area is 132 Å². The Balaban J connectivity index is 1.89. The Kier molecular flexibility index (Phi) is 3.18. The molecule has 1 atom stereocenters. The smallest absolute Gasteiger partial charge is 0.226 e. The lowest BCUT2D eigenvalue weighted by Gasteiger charge is -2.22. The summed E-state index contributed by atoms with van der Waals surface area (Å²) in [5.74, 6) is 1.16. The highest BCUT2D eigenvalue weighted by Crippen LogP contribution is 2.40. The van der Waals surface area contributed by atoms with Crippen molar-refractivity contribution in [3.05, 3.63) is 48.0 Å². The zero-order chi connectivity index (χ0) is 15.8. The highest BCUT2D eigenvalue weighted by atomic mass is 16.1. The largest absolute Gasteiger partial charge is 0.309 e. The number of nitrogens with one attached hydrogen (secondary N) is 2. The molecule has 0 bridgehead atoms. The maximum Gasteiger partial charge on any atom is 0.226 e. The molecule has 1 aliphatic heterocycles. The van der Waals surface area contributed by atoms with Crippen molar-refractivity contribution in [2.75, 3.05) is 5.32 Å². The molecule has 3 heterocycles. The first kappa shape index (κ1) is 13.7. The van der Waals surface area contributed by atoms with Gasteiger partial charge in [-0.3, -0.25) is 9.89 Å². The Bertz CT molecular complexity index is 851. The molecule has 1 aromatic carbocycles. The monoisotopic (exact) mass is 308 g/mol. The van der Waals surface area contributed by atoms with E-state index in [4.69, 9.17) is 0 Å². The lowest BCUT2D eigenvalue weighted by molar-refractivity contribution is -0.116. The molecule has 0 radical (unpaired) electrons. The number of aromatic amines is 1. The minimum atomic E-state index is -0.157. The number of fused-ring (bicyclic) bond motifs is 1. The summed E-state index contributed by atoms with van der Waals surface area (Å²) in [5.41, 5.74) is 2.92. The van der Waals surface area contributed by atoms with Crippen molar-refractivity contribution in [1.82, 2.24) is 25.0 Å². The Morgan fingerprint density at radius 3 is 2.91 bits per heavy atom. The van der Waals surface area contributed by atoms with Gasteiger partial charge in [0, 0.05) is 18.5 Å². The fourth-order valence-electron chi connectivity index (χ4n) is 3.09. The number of hydrogen-bond acceptors (Lipinski definition) is 4. The van der Waals surface area contributed by atoms with Crippen LogP contribution in [0.5, 0.6) is 0 Å². The van der Waals surface area contributed by atoms with Crippen molar-refractivity contribution in [1.29, 1.82) is 0 Å². The van der Waals surface area contributed by atoms with Crippen molar-refractivity contribution < 1.29 is 4.79 Å². The first-order chi connectivity index (χ1) is 11.3. The van der Waals surface area contributed by atoms with Crippen LogP contribution in [0.25, 0.3) is 11.3 Å². The van der Waals surface area contributed by atoms with Crippen molar-refractivity contribution >= 4 is 11.7 Å². The SMILES string of the molecule is CCn1ncnc1C1CC(=O)Nc2n[nH]c(-c3ccccc3)c21. The fraction of sp³-hybridized carbons (Fsp3) is 0.250. The Morgan fingerprint density at radius 1 is 1.30 bits per heavy atom. The van der Waals surface area contributed by atoms with Crippen LogP contribution in [-0.4, -0.2) is 30.9 Å². The van der Waals surface area contributed by atoms with Gasteiger partial charge in [-0.1, -0.05) is 30.3 Å². The van der Waals surface area contributed by atoms with Gasteiger partial charge >= 0.3 is 0 Å². The van der Waals surface area contributed by atoms with Crippen LogP contribution in [0.2, 0.25) is 0 Å². The third kappa shape index (κ3) is 2.21. The lowest BCUT2D eigenvalue weighted by atomic mass is 9.89. The zero-order valence-electron chi connectivity index (χ0n) is 12.7. The van der Waals surface area contributed by atoms with Crippen LogP contribution in [-0.2, 0) is 11.3 Å². The molecule has 3 aromatic rings. The van der Waals surface area contributed by atoms with E-state index >= 15 is 0 Å². The molecule has 2 aromatic heterocycles. The number of carbonyl (C=O) groups is 1. The van der Waals surface area contributed by atoms with Crippen LogP contribution >= 0.6 is 0 Å². The molecular formula is C16H16N6O. The molecule has 116 valence electrons. The first-order valence-electron chi connectivity index (χ1n) is 7.59. The number of aryl methyl sites for hydroxylation is 1. The van der Waals surface area contributed by atoms with Crippen LogP contribution in [0.3, 0.4) is 0 Å². The van der Waals surface area contributed by atoms with Crippen molar-refractivity contribution in [2.24, 2.45) is 0 Å². The molecule has 0 aliphatic carbocycles. The third-order valence-corrected chi connectivity index (χ3v) is 4.12. The maximum atomic E-state index is 12.1. The van der Waals surface area contributed by atoms with Crippen LogP contribution in [0.4, 0.5) is 5.82 Å². The van der Waals surface area contributed by atoms with Gasteiger partial charge in [-0.15, -0.1) is 0 Å². The van der Waals surface area contributed by atoms with Gasteiger partial charge in [0.15, 0.2) is 5.82 Å². The first-order valence-corrected chi connectivity index (χ1v) is 7.59. The summed E-state index contributed by atoms with van der Waals surface area (Å²) in [6, 6.07) is 9.97. The predicted molar refractivity (Wildman–Crippen MR) is 84.8 cm³/mol. The average molecular weight is 308 g/mol. The molecule has 23 heavy (non-hydrogen) atoms. The van der Waals surface area contributed by atoms with Gasteiger partial charge in [0.05, 0.1) is 11.6 Å². The van der Waals surface area contributed by atoms with Gasteiger partial charge in [0.1, 0.15) is 12.2 Å². The van der Waals surface area contributed by atoms with Gasteiger partial charge in [0.25, 0.3) is 0 Å². The molecule has 0 spiro atoms. The van der Waals surface area contributed by atoms with Gasteiger partial charge in [-0.2, -0.15) is 10.2 Å². The lowest BCUT2D eigenvalue weighted by Crippen LogP contribution is -2.25. The number of H-pyrrole nitrogens is 1. The van der Waals surface area contributed by atoms with Crippen molar-refractivity contribution in [3.63, 3.8) is 0 Å². The number of aromatic nitrogens is 5. The molecule has 0 saturated heterocycles. The second-order valence-electron chi connectivity index (χ2n) is 5.47. The van der Waals surface area contributed by atoms with Crippen LogP contribution < -0.4 is 5.32 Å². The third-order valence-electron chi connectivity index (χ3n) is 4.12. The maximum absolute atomic E-state index is 12.1.